The standard InChI is InChI=1S/C31H40O6/c32-28-16-26(11-13-30(18-28)36-22-34-20-24-7-3-1-4-8-24)15-27-12-14-31(19-29(33)17-27)37-23-35-21-25-9-5-2-6-10-25/h1-12,28-33H,13-23H2/t28-,29+,30+,31-. The van der Waals surface area contributed by atoms with Gasteiger partial charge in [-0.1, -0.05) is 84.0 Å². The summed E-state index contributed by atoms with van der Waals surface area (Å²) in [6.07, 6.45) is 8.09. The summed E-state index contributed by atoms with van der Waals surface area (Å²) in [6.45, 7) is 1.45. The lowest BCUT2D eigenvalue weighted by Gasteiger charge is -2.18. The van der Waals surface area contributed by atoms with Gasteiger partial charge in [0.2, 0.25) is 0 Å². The van der Waals surface area contributed by atoms with Crippen molar-refractivity contribution < 1.29 is 29.2 Å². The van der Waals surface area contributed by atoms with Gasteiger partial charge in [0.25, 0.3) is 0 Å². The summed E-state index contributed by atoms with van der Waals surface area (Å²) in [7, 11) is 0. The van der Waals surface area contributed by atoms with Crippen molar-refractivity contribution in [3.05, 3.63) is 95.1 Å². The molecule has 200 valence electrons. The molecule has 2 aromatic rings. The molecule has 0 radical (unpaired) electrons. The van der Waals surface area contributed by atoms with Gasteiger partial charge in [0.05, 0.1) is 37.6 Å². The molecule has 0 aliphatic heterocycles. The molecule has 2 aliphatic carbocycles. The van der Waals surface area contributed by atoms with Gasteiger partial charge in [-0.15, -0.1) is 0 Å². The van der Waals surface area contributed by atoms with Crippen LogP contribution in [-0.4, -0.2) is 48.2 Å². The first-order valence-electron chi connectivity index (χ1n) is 13.3. The first-order chi connectivity index (χ1) is 18.1. The fourth-order valence-corrected chi connectivity index (χ4v) is 4.94. The minimum absolute atomic E-state index is 0.0642. The van der Waals surface area contributed by atoms with Gasteiger partial charge in [-0.2, -0.15) is 0 Å². The van der Waals surface area contributed by atoms with E-state index >= 15 is 0 Å². The molecule has 0 saturated heterocycles. The summed E-state index contributed by atoms with van der Waals surface area (Å²) in [5, 5.41) is 21.2. The highest BCUT2D eigenvalue weighted by molar-refractivity contribution is 5.20. The van der Waals surface area contributed by atoms with Gasteiger partial charge in [0.1, 0.15) is 13.6 Å². The van der Waals surface area contributed by atoms with Crippen LogP contribution < -0.4 is 0 Å². The van der Waals surface area contributed by atoms with E-state index in [4.69, 9.17) is 18.9 Å². The Morgan fingerprint density at radius 3 is 1.49 bits per heavy atom. The quantitative estimate of drug-likeness (QED) is 0.226. The van der Waals surface area contributed by atoms with Crippen LogP contribution in [-0.2, 0) is 32.2 Å². The molecule has 6 heteroatoms. The number of ether oxygens (including phenoxy) is 4. The zero-order chi connectivity index (χ0) is 25.7. The predicted molar refractivity (Wildman–Crippen MR) is 142 cm³/mol. The van der Waals surface area contributed by atoms with E-state index in [1.165, 1.54) is 11.1 Å². The third-order valence-corrected chi connectivity index (χ3v) is 6.86. The van der Waals surface area contributed by atoms with Crippen LogP contribution in [0.3, 0.4) is 0 Å². The van der Waals surface area contributed by atoms with Crippen LogP contribution in [0.5, 0.6) is 0 Å². The van der Waals surface area contributed by atoms with Crippen molar-refractivity contribution in [2.75, 3.05) is 13.6 Å². The van der Waals surface area contributed by atoms with Crippen LogP contribution in [0, 0.1) is 0 Å². The molecule has 6 nitrogen and oxygen atoms in total. The highest BCUT2D eigenvalue weighted by atomic mass is 16.7. The van der Waals surface area contributed by atoms with Crippen LogP contribution in [0.15, 0.2) is 84.0 Å². The zero-order valence-electron chi connectivity index (χ0n) is 21.5. The summed E-state index contributed by atoms with van der Waals surface area (Å²) >= 11 is 0. The van der Waals surface area contributed by atoms with Gasteiger partial charge in [-0.3, -0.25) is 0 Å². The van der Waals surface area contributed by atoms with Gasteiger partial charge < -0.3 is 29.2 Å². The minimum Gasteiger partial charge on any atom is -0.393 e. The lowest BCUT2D eigenvalue weighted by molar-refractivity contribution is -0.104. The number of aliphatic hydroxyl groups is 2. The first-order valence-corrected chi connectivity index (χ1v) is 13.3. The molecule has 0 amide bonds. The average Bonchev–Trinajstić information content (AvgIpc) is 3.20. The molecule has 2 N–H and O–H groups in total. The molecule has 0 saturated carbocycles. The van der Waals surface area contributed by atoms with E-state index in [9.17, 15) is 10.2 Å². The summed E-state index contributed by atoms with van der Waals surface area (Å²) < 4.78 is 23.1. The normalized spacial score (nSPS) is 24.6. The van der Waals surface area contributed by atoms with E-state index in [0.717, 1.165) is 30.4 Å². The van der Waals surface area contributed by atoms with E-state index in [0.29, 0.717) is 38.9 Å². The molecule has 0 unspecified atom stereocenters. The fourth-order valence-electron chi connectivity index (χ4n) is 4.94. The van der Waals surface area contributed by atoms with Crippen molar-refractivity contribution in [3.8, 4) is 0 Å². The molecule has 0 spiro atoms. The second-order valence-electron chi connectivity index (χ2n) is 10.0. The fraction of sp³-hybridized carbons (Fsp3) is 0.484. The maximum atomic E-state index is 10.6. The molecule has 2 aromatic carbocycles. The van der Waals surface area contributed by atoms with Crippen molar-refractivity contribution in [1.29, 1.82) is 0 Å². The van der Waals surface area contributed by atoms with Gasteiger partial charge in [-0.25, -0.2) is 0 Å². The smallest absolute Gasteiger partial charge is 0.147 e. The van der Waals surface area contributed by atoms with Gasteiger partial charge in [0.15, 0.2) is 0 Å². The molecule has 0 fully saturated rings. The lowest BCUT2D eigenvalue weighted by atomic mass is 9.96. The van der Waals surface area contributed by atoms with E-state index in [1.54, 1.807) is 0 Å². The van der Waals surface area contributed by atoms with Crippen molar-refractivity contribution in [1.82, 2.24) is 0 Å². The molecule has 4 rings (SSSR count). The van der Waals surface area contributed by atoms with E-state index in [1.807, 2.05) is 60.7 Å². The van der Waals surface area contributed by atoms with Gasteiger partial charge in [0, 0.05) is 12.8 Å². The summed E-state index contributed by atoms with van der Waals surface area (Å²) in [6, 6.07) is 20.0. The molecule has 0 bridgehead atoms. The topological polar surface area (TPSA) is 77.4 Å². The Kier molecular flexibility index (Phi) is 11.4. The zero-order valence-corrected chi connectivity index (χ0v) is 21.5. The van der Waals surface area contributed by atoms with E-state index < -0.39 is 12.2 Å². The summed E-state index contributed by atoms with van der Waals surface area (Å²) in [5.74, 6) is 0. The summed E-state index contributed by atoms with van der Waals surface area (Å²) in [4.78, 5) is 0. The number of rotatable bonds is 12. The number of aliphatic hydroxyl groups excluding tert-OH is 2. The van der Waals surface area contributed by atoms with Crippen LogP contribution in [0.4, 0.5) is 0 Å². The molecule has 0 heterocycles. The SMILES string of the molecule is O[C@@H]1CC(CC2=CC[C@@H](OCOCc3ccccc3)C[C@@H](O)C2)=CC[C@H](OCOCc2ccccc2)C1. The lowest BCUT2D eigenvalue weighted by Crippen LogP contribution is -2.20. The average molecular weight is 509 g/mol. The molecule has 4 atom stereocenters. The number of hydrogen-bond donors (Lipinski definition) is 2. The highest BCUT2D eigenvalue weighted by Gasteiger charge is 2.23. The minimum atomic E-state index is -0.443. The van der Waals surface area contributed by atoms with Crippen LogP contribution in [0.2, 0.25) is 0 Å². The van der Waals surface area contributed by atoms with Crippen LogP contribution in [0.1, 0.15) is 56.1 Å². The Balaban J connectivity index is 1.19. The third kappa shape index (κ3) is 10.2. The van der Waals surface area contributed by atoms with Crippen molar-refractivity contribution in [3.63, 3.8) is 0 Å². The van der Waals surface area contributed by atoms with Gasteiger partial charge in [-0.05, 0) is 43.2 Å². The first kappa shape index (κ1) is 27.7. The highest BCUT2D eigenvalue weighted by Crippen LogP contribution is 2.30. The summed E-state index contributed by atoms with van der Waals surface area (Å²) in [5.41, 5.74) is 4.63. The largest absolute Gasteiger partial charge is 0.393 e. The second-order valence-corrected chi connectivity index (χ2v) is 10.0. The Morgan fingerprint density at radius 1 is 0.622 bits per heavy atom. The Hall–Kier alpha value is -2.32. The van der Waals surface area contributed by atoms with E-state index in [-0.39, 0.29) is 25.8 Å². The molecular formula is C31H40O6. The number of hydrogen-bond acceptors (Lipinski definition) is 6. The molecule has 2 aliphatic rings. The van der Waals surface area contributed by atoms with Crippen molar-refractivity contribution in [2.45, 2.75) is 82.6 Å². The Morgan fingerprint density at radius 2 is 1.05 bits per heavy atom. The maximum Gasteiger partial charge on any atom is 0.147 e. The number of benzene rings is 2. The third-order valence-electron chi connectivity index (χ3n) is 6.86. The predicted octanol–water partition coefficient (Wildman–Crippen LogP) is 5.44. The van der Waals surface area contributed by atoms with Crippen LogP contribution >= 0.6 is 0 Å². The van der Waals surface area contributed by atoms with Crippen LogP contribution in [0.25, 0.3) is 0 Å². The van der Waals surface area contributed by atoms with Crippen molar-refractivity contribution >= 4 is 0 Å². The van der Waals surface area contributed by atoms with Gasteiger partial charge >= 0.3 is 0 Å². The Labute approximate surface area is 220 Å². The molecule has 0 aromatic heterocycles. The molecule has 37 heavy (non-hydrogen) atoms. The van der Waals surface area contributed by atoms with E-state index in [2.05, 4.69) is 12.2 Å². The maximum absolute atomic E-state index is 10.6. The second kappa shape index (κ2) is 15.2. The van der Waals surface area contributed by atoms with Crippen molar-refractivity contribution in [2.24, 2.45) is 0 Å². The Bertz CT molecular complexity index is 894. The molecular weight excluding hydrogens is 468 g/mol. The monoisotopic (exact) mass is 508 g/mol.